The number of methoxy groups -OCH3 is 1. The smallest absolute Gasteiger partial charge is 0.135 e. The maximum absolute atomic E-state index is 6.66. The molecule has 2 nitrogen and oxygen atoms in total. The predicted octanol–water partition coefficient (Wildman–Crippen LogP) is 8.54. The van der Waals surface area contributed by atoms with Gasteiger partial charge in [-0.15, -0.1) is 0 Å². The third-order valence-corrected chi connectivity index (χ3v) is 13.5. The van der Waals surface area contributed by atoms with Crippen LogP contribution in [0.5, 0.6) is 11.5 Å². The Morgan fingerprint density at radius 2 is 1.45 bits per heavy atom. The fraction of sp³-hybridized carbons (Fsp3) is 0.615. The van der Waals surface area contributed by atoms with Gasteiger partial charge in [-0.05, 0) is 58.8 Å². The topological polar surface area (TPSA) is 18.5 Å². The molecule has 162 valence electrons. The van der Waals surface area contributed by atoms with Crippen LogP contribution in [0.2, 0.25) is 16.6 Å². The first-order chi connectivity index (χ1) is 13.7. The van der Waals surface area contributed by atoms with Crippen LogP contribution in [0.25, 0.3) is 5.57 Å². The Hall–Kier alpha value is -1.48. The van der Waals surface area contributed by atoms with E-state index in [4.69, 9.17) is 9.47 Å². The van der Waals surface area contributed by atoms with Gasteiger partial charge in [0, 0.05) is 5.56 Å². The molecule has 0 bridgehead atoms. The summed E-state index contributed by atoms with van der Waals surface area (Å²) in [5, 5.41) is 0. The lowest BCUT2D eigenvalue weighted by Gasteiger charge is -2.41. The molecular formula is C26H42O2Si. The van der Waals surface area contributed by atoms with Crippen molar-refractivity contribution in [3.8, 4) is 11.5 Å². The predicted molar refractivity (Wildman–Crippen MR) is 129 cm³/mol. The molecule has 1 aliphatic heterocycles. The van der Waals surface area contributed by atoms with Crippen LogP contribution >= 0.6 is 0 Å². The molecule has 0 unspecified atom stereocenters. The quantitative estimate of drug-likeness (QED) is 0.377. The first-order valence-corrected chi connectivity index (χ1v) is 13.8. The molecule has 3 heteroatoms. The lowest BCUT2D eigenvalue weighted by atomic mass is 9.90. The molecule has 0 atom stereocenters. The van der Waals surface area contributed by atoms with Crippen molar-refractivity contribution in [3.05, 3.63) is 40.8 Å². The maximum Gasteiger partial charge on any atom is 0.135 e. The van der Waals surface area contributed by atoms with Gasteiger partial charge in [-0.25, -0.2) is 0 Å². The normalized spacial score (nSPS) is 16.1. The second-order valence-electron chi connectivity index (χ2n) is 9.39. The molecule has 29 heavy (non-hydrogen) atoms. The standard InChI is InChI=1S/C26H42O2Si/c1-10-12-22-23(13-11-2)26(17-29(18(3)4,19(5)6)20(7)8)28-25-15-14-21(27-9)16-24(22)25/h14-20H,10-13H2,1-9H3/b26-17-. The van der Waals surface area contributed by atoms with Gasteiger partial charge in [-0.3, -0.25) is 0 Å². The summed E-state index contributed by atoms with van der Waals surface area (Å²) < 4.78 is 12.2. The minimum atomic E-state index is -1.72. The summed E-state index contributed by atoms with van der Waals surface area (Å²) in [4.78, 5) is 0. The van der Waals surface area contributed by atoms with Crippen molar-refractivity contribution in [2.24, 2.45) is 0 Å². The van der Waals surface area contributed by atoms with Gasteiger partial charge in [0.1, 0.15) is 17.3 Å². The van der Waals surface area contributed by atoms with Crippen molar-refractivity contribution >= 4 is 13.6 Å². The van der Waals surface area contributed by atoms with Gasteiger partial charge in [0.25, 0.3) is 0 Å². The Kier molecular flexibility index (Phi) is 8.22. The van der Waals surface area contributed by atoms with E-state index in [0.29, 0.717) is 16.6 Å². The lowest BCUT2D eigenvalue weighted by molar-refractivity contribution is 0.405. The van der Waals surface area contributed by atoms with Gasteiger partial charge >= 0.3 is 0 Å². The summed E-state index contributed by atoms with van der Waals surface area (Å²) >= 11 is 0. The number of benzene rings is 1. The average molecular weight is 415 g/mol. The monoisotopic (exact) mass is 414 g/mol. The first kappa shape index (κ1) is 23.8. The fourth-order valence-electron chi connectivity index (χ4n) is 5.36. The van der Waals surface area contributed by atoms with Gasteiger partial charge in [-0.2, -0.15) is 0 Å². The Morgan fingerprint density at radius 3 is 1.93 bits per heavy atom. The van der Waals surface area contributed by atoms with Crippen LogP contribution in [0.3, 0.4) is 0 Å². The number of allylic oxidation sites excluding steroid dienone is 2. The number of ether oxygens (including phenoxy) is 2. The highest BCUT2D eigenvalue weighted by atomic mass is 28.3. The summed E-state index contributed by atoms with van der Waals surface area (Å²) in [7, 11) is 0.0136. The average Bonchev–Trinajstić information content (AvgIpc) is 2.67. The summed E-state index contributed by atoms with van der Waals surface area (Å²) in [6, 6.07) is 6.26. The minimum Gasteiger partial charge on any atom is -0.497 e. The SMILES string of the molecule is CCCC1=C(CCC)c2cc(OC)ccc2O/C1=C\[Si](C(C)C)(C(C)C)C(C)C. The molecule has 0 saturated carbocycles. The second-order valence-corrected chi connectivity index (χ2v) is 15.1. The molecule has 0 aliphatic carbocycles. The Balaban J connectivity index is 2.77. The van der Waals surface area contributed by atoms with Crippen LogP contribution in [-0.4, -0.2) is 15.2 Å². The van der Waals surface area contributed by atoms with Crippen LogP contribution in [0.1, 0.15) is 86.6 Å². The molecule has 2 rings (SSSR count). The molecule has 0 saturated heterocycles. The van der Waals surface area contributed by atoms with Crippen molar-refractivity contribution in [2.45, 2.75) is 97.7 Å². The molecule has 0 radical (unpaired) electrons. The van der Waals surface area contributed by atoms with E-state index in [1.54, 1.807) is 7.11 Å². The van der Waals surface area contributed by atoms with Gasteiger partial charge in [-0.1, -0.05) is 73.9 Å². The van der Waals surface area contributed by atoms with E-state index in [0.717, 1.165) is 42.9 Å². The summed E-state index contributed by atoms with van der Waals surface area (Å²) in [5.41, 5.74) is 8.75. The van der Waals surface area contributed by atoms with Crippen molar-refractivity contribution in [1.29, 1.82) is 0 Å². The largest absolute Gasteiger partial charge is 0.497 e. The van der Waals surface area contributed by atoms with E-state index >= 15 is 0 Å². The molecule has 0 fully saturated rings. The van der Waals surface area contributed by atoms with Gasteiger partial charge in [0.05, 0.1) is 15.2 Å². The molecule has 1 aromatic carbocycles. The lowest BCUT2D eigenvalue weighted by Crippen LogP contribution is -2.43. The number of hydrogen-bond donors (Lipinski definition) is 0. The fourth-order valence-corrected chi connectivity index (χ4v) is 11.0. The van der Waals surface area contributed by atoms with Crippen LogP contribution in [0.4, 0.5) is 0 Å². The molecule has 1 aromatic rings. The Morgan fingerprint density at radius 1 is 0.897 bits per heavy atom. The number of hydrogen-bond acceptors (Lipinski definition) is 2. The van der Waals surface area contributed by atoms with Crippen molar-refractivity contribution in [3.63, 3.8) is 0 Å². The van der Waals surface area contributed by atoms with Crippen LogP contribution in [0.15, 0.2) is 35.2 Å². The summed E-state index contributed by atoms with van der Waals surface area (Å²) in [6.45, 7) is 19.0. The highest BCUT2D eigenvalue weighted by Crippen LogP contribution is 2.47. The zero-order valence-electron chi connectivity index (χ0n) is 20.2. The minimum absolute atomic E-state index is 0.674. The van der Waals surface area contributed by atoms with Gasteiger partial charge in [0.15, 0.2) is 0 Å². The van der Waals surface area contributed by atoms with Gasteiger partial charge in [0.2, 0.25) is 0 Å². The van der Waals surface area contributed by atoms with Crippen molar-refractivity contribution in [1.82, 2.24) is 0 Å². The second kappa shape index (κ2) is 10.0. The Bertz CT molecular complexity index is 734. The van der Waals surface area contributed by atoms with E-state index in [-0.39, 0.29) is 0 Å². The van der Waals surface area contributed by atoms with Gasteiger partial charge < -0.3 is 9.47 Å². The zero-order valence-corrected chi connectivity index (χ0v) is 21.2. The molecule has 0 spiro atoms. The number of rotatable bonds is 9. The highest BCUT2D eigenvalue weighted by molar-refractivity contribution is 6.88. The van der Waals surface area contributed by atoms with Crippen LogP contribution in [-0.2, 0) is 0 Å². The van der Waals surface area contributed by atoms with Crippen LogP contribution < -0.4 is 9.47 Å². The van der Waals surface area contributed by atoms with Crippen molar-refractivity contribution < 1.29 is 9.47 Å². The molecule has 0 N–H and O–H groups in total. The van der Waals surface area contributed by atoms with E-state index in [2.05, 4.69) is 73.2 Å². The first-order valence-electron chi connectivity index (χ1n) is 11.5. The highest BCUT2D eigenvalue weighted by Gasteiger charge is 2.42. The Labute approximate surface area is 180 Å². The molecule has 1 heterocycles. The maximum atomic E-state index is 6.66. The van der Waals surface area contributed by atoms with Crippen LogP contribution in [0, 0.1) is 0 Å². The van der Waals surface area contributed by atoms with E-state index in [1.807, 2.05) is 6.07 Å². The van der Waals surface area contributed by atoms with Crippen molar-refractivity contribution in [2.75, 3.05) is 7.11 Å². The molecular weight excluding hydrogens is 372 g/mol. The van der Waals surface area contributed by atoms with E-state index in [9.17, 15) is 0 Å². The molecule has 0 aromatic heterocycles. The van der Waals surface area contributed by atoms with E-state index < -0.39 is 8.07 Å². The van der Waals surface area contributed by atoms with E-state index in [1.165, 1.54) is 16.7 Å². The summed E-state index contributed by atoms with van der Waals surface area (Å²) in [5.74, 6) is 3.04. The zero-order chi connectivity index (χ0) is 21.8. The molecule has 1 aliphatic rings. The summed E-state index contributed by atoms with van der Waals surface area (Å²) in [6.07, 6.45) is 4.40. The number of fused-ring (bicyclic) bond motifs is 1. The third-order valence-electron chi connectivity index (χ3n) is 6.77. The molecule has 0 amide bonds. The third kappa shape index (κ3) is 4.65.